The van der Waals surface area contributed by atoms with Crippen LogP contribution in [0.15, 0.2) is 24.3 Å². The van der Waals surface area contributed by atoms with Gasteiger partial charge in [-0.15, -0.1) is 0 Å². The zero-order valence-corrected chi connectivity index (χ0v) is 12.3. The molecule has 1 aliphatic rings. The van der Waals surface area contributed by atoms with Gasteiger partial charge in [-0.1, -0.05) is 12.1 Å². The number of rotatable bonds is 7. The van der Waals surface area contributed by atoms with Gasteiger partial charge in [-0.3, -0.25) is 4.90 Å². The van der Waals surface area contributed by atoms with E-state index < -0.39 is 12.7 Å². The van der Waals surface area contributed by atoms with Gasteiger partial charge in [-0.2, -0.15) is 13.2 Å². The number of benzene rings is 1. The van der Waals surface area contributed by atoms with Crippen LogP contribution in [0.2, 0.25) is 0 Å². The van der Waals surface area contributed by atoms with Crippen molar-refractivity contribution in [2.24, 2.45) is 0 Å². The Morgan fingerprint density at radius 2 is 2.10 bits per heavy atom. The summed E-state index contributed by atoms with van der Waals surface area (Å²) in [5, 5.41) is 3.10. The van der Waals surface area contributed by atoms with Gasteiger partial charge < -0.3 is 10.1 Å². The van der Waals surface area contributed by atoms with Crippen molar-refractivity contribution in [3.63, 3.8) is 0 Å². The molecule has 0 radical (unpaired) electrons. The molecule has 21 heavy (non-hydrogen) atoms. The minimum Gasteiger partial charge on any atom is -0.497 e. The first-order valence-corrected chi connectivity index (χ1v) is 7.05. The Kier molecular flexibility index (Phi) is 5.11. The third-order valence-corrected chi connectivity index (χ3v) is 3.71. The predicted molar refractivity (Wildman–Crippen MR) is 75.4 cm³/mol. The zero-order valence-electron chi connectivity index (χ0n) is 12.3. The maximum Gasteiger partial charge on any atom is 0.401 e. The number of alkyl halides is 3. The Morgan fingerprint density at radius 1 is 1.38 bits per heavy atom. The molecule has 2 rings (SSSR count). The Bertz CT molecular complexity index is 460. The van der Waals surface area contributed by atoms with E-state index in [-0.39, 0.29) is 12.1 Å². The van der Waals surface area contributed by atoms with Crippen molar-refractivity contribution in [1.29, 1.82) is 0 Å². The third-order valence-electron chi connectivity index (χ3n) is 3.71. The lowest BCUT2D eigenvalue weighted by molar-refractivity contribution is -0.147. The number of hydrogen-bond acceptors (Lipinski definition) is 3. The van der Waals surface area contributed by atoms with E-state index >= 15 is 0 Å². The molecule has 1 atom stereocenters. The smallest absolute Gasteiger partial charge is 0.401 e. The van der Waals surface area contributed by atoms with Crippen molar-refractivity contribution in [2.75, 3.05) is 27.2 Å². The maximum absolute atomic E-state index is 12.7. The molecule has 1 unspecified atom stereocenters. The highest BCUT2D eigenvalue weighted by Gasteiger charge is 2.38. The number of methoxy groups -OCH3 is 1. The normalized spacial score (nSPS) is 17.0. The molecular weight excluding hydrogens is 281 g/mol. The molecule has 0 heterocycles. The lowest BCUT2D eigenvalue weighted by Crippen LogP contribution is -2.41. The van der Waals surface area contributed by atoms with Crippen LogP contribution in [-0.2, 0) is 0 Å². The molecule has 1 fully saturated rings. The minimum absolute atomic E-state index is 0.0630. The van der Waals surface area contributed by atoms with Crippen LogP contribution >= 0.6 is 0 Å². The van der Waals surface area contributed by atoms with Gasteiger partial charge in [0.05, 0.1) is 13.7 Å². The Balaban J connectivity index is 2.08. The monoisotopic (exact) mass is 302 g/mol. The summed E-state index contributed by atoms with van der Waals surface area (Å²) >= 11 is 0. The predicted octanol–water partition coefficient (Wildman–Crippen LogP) is 2.98. The Hall–Kier alpha value is -1.27. The summed E-state index contributed by atoms with van der Waals surface area (Å²) in [5.41, 5.74) is 0.935. The molecule has 1 saturated carbocycles. The molecule has 1 N–H and O–H groups in total. The van der Waals surface area contributed by atoms with E-state index in [1.54, 1.807) is 14.2 Å². The van der Waals surface area contributed by atoms with Crippen LogP contribution in [0.5, 0.6) is 5.75 Å². The van der Waals surface area contributed by atoms with E-state index in [0.29, 0.717) is 12.3 Å². The largest absolute Gasteiger partial charge is 0.497 e. The lowest BCUT2D eigenvalue weighted by Gasteiger charge is -2.28. The fourth-order valence-corrected chi connectivity index (χ4v) is 2.47. The van der Waals surface area contributed by atoms with Crippen LogP contribution in [0, 0.1) is 0 Å². The van der Waals surface area contributed by atoms with Gasteiger partial charge in [0.2, 0.25) is 0 Å². The van der Waals surface area contributed by atoms with Gasteiger partial charge in [-0.05, 0) is 37.6 Å². The molecule has 0 spiro atoms. The van der Waals surface area contributed by atoms with Gasteiger partial charge in [-0.25, -0.2) is 0 Å². The van der Waals surface area contributed by atoms with Gasteiger partial charge in [0.15, 0.2) is 0 Å². The fourth-order valence-electron chi connectivity index (χ4n) is 2.47. The maximum atomic E-state index is 12.7. The summed E-state index contributed by atoms with van der Waals surface area (Å²) in [7, 11) is 3.34. The van der Waals surface area contributed by atoms with Gasteiger partial charge in [0.1, 0.15) is 5.75 Å². The number of ether oxygens (including phenoxy) is 1. The Labute approximate surface area is 123 Å². The van der Waals surface area contributed by atoms with Crippen LogP contribution in [0.3, 0.4) is 0 Å². The molecule has 0 amide bonds. The highest BCUT2D eigenvalue weighted by atomic mass is 19.4. The second-order valence-electron chi connectivity index (χ2n) is 5.39. The second kappa shape index (κ2) is 6.66. The number of nitrogens with zero attached hydrogens (tertiary/aromatic N) is 1. The number of likely N-dealkylation sites (N-methyl/N-ethyl adjacent to an activating group) is 1. The van der Waals surface area contributed by atoms with E-state index in [0.717, 1.165) is 18.4 Å². The number of halogens is 3. The topological polar surface area (TPSA) is 24.5 Å². The molecule has 3 nitrogen and oxygen atoms in total. The molecular formula is C15H21F3N2O. The highest BCUT2D eigenvalue weighted by molar-refractivity contribution is 5.30. The van der Waals surface area contributed by atoms with E-state index in [1.165, 1.54) is 4.90 Å². The highest BCUT2D eigenvalue weighted by Crippen LogP contribution is 2.32. The van der Waals surface area contributed by atoms with Gasteiger partial charge in [0, 0.05) is 18.6 Å². The van der Waals surface area contributed by atoms with Gasteiger partial charge >= 0.3 is 6.18 Å². The minimum atomic E-state index is -4.16. The van der Waals surface area contributed by atoms with Crippen molar-refractivity contribution in [1.82, 2.24) is 10.2 Å². The number of hydrogen-bond donors (Lipinski definition) is 1. The summed E-state index contributed by atoms with van der Waals surface area (Å²) in [6.45, 7) is -0.506. The molecule has 0 aromatic heterocycles. The van der Waals surface area contributed by atoms with Crippen molar-refractivity contribution in [3.05, 3.63) is 29.8 Å². The summed E-state index contributed by atoms with van der Waals surface area (Å²) in [6, 6.07) is 7.35. The average Bonchev–Trinajstić information content (AvgIpc) is 3.26. The quantitative estimate of drug-likeness (QED) is 0.838. The number of nitrogens with one attached hydrogen (secondary N) is 1. The standard InChI is InChI=1S/C15H21F3N2O/c1-19-14(11-4-3-5-13(8-11)21-2)9-20(12-6-7-12)10-15(16,17)18/h3-5,8,12,14,19H,6-7,9-10H2,1-2H3. The molecule has 1 aromatic rings. The van der Waals surface area contributed by atoms with Crippen LogP contribution in [0.1, 0.15) is 24.4 Å². The van der Waals surface area contributed by atoms with Crippen LogP contribution < -0.4 is 10.1 Å². The first kappa shape index (κ1) is 16.1. The van der Waals surface area contributed by atoms with E-state index in [9.17, 15) is 13.2 Å². The molecule has 0 saturated heterocycles. The van der Waals surface area contributed by atoms with Crippen molar-refractivity contribution in [2.45, 2.75) is 31.1 Å². The lowest BCUT2D eigenvalue weighted by atomic mass is 10.1. The van der Waals surface area contributed by atoms with E-state index in [4.69, 9.17) is 4.74 Å². The molecule has 118 valence electrons. The first-order valence-electron chi connectivity index (χ1n) is 7.05. The summed E-state index contributed by atoms with van der Waals surface area (Å²) in [5.74, 6) is 0.710. The first-order chi connectivity index (χ1) is 9.93. The molecule has 1 aromatic carbocycles. The van der Waals surface area contributed by atoms with Gasteiger partial charge in [0.25, 0.3) is 0 Å². The van der Waals surface area contributed by atoms with Crippen LogP contribution in [0.4, 0.5) is 13.2 Å². The summed E-state index contributed by atoms with van der Waals surface area (Å²) in [4.78, 5) is 1.53. The third kappa shape index (κ3) is 4.89. The van der Waals surface area contributed by atoms with E-state index in [2.05, 4.69) is 5.32 Å². The molecule has 6 heteroatoms. The molecule has 0 aliphatic heterocycles. The second-order valence-corrected chi connectivity index (χ2v) is 5.39. The average molecular weight is 302 g/mol. The molecule has 0 bridgehead atoms. The zero-order chi connectivity index (χ0) is 15.5. The van der Waals surface area contributed by atoms with Crippen molar-refractivity contribution < 1.29 is 17.9 Å². The summed E-state index contributed by atoms with van der Waals surface area (Å²) in [6.07, 6.45) is -2.45. The van der Waals surface area contributed by atoms with Crippen LogP contribution in [-0.4, -0.2) is 44.4 Å². The fraction of sp³-hybridized carbons (Fsp3) is 0.600. The van der Waals surface area contributed by atoms with Crippen molar-refractivity contribution in [3.8, 4) is 5.75 Å². The summed E-state index contributed by atoms with van der Waals surface area (Å²) < 4.78 is 43.2. The molecule has 1 aliphatic carbocycles. The van der Waals surface area contributed by atoms with E-state index in [1.807, 2.05) is 24.3 Å². The van der Waals surface area contributed by atoms with Crippen LogP contribution in [0.25, 0.3) is 0 Å². The van der Waals surface area contributed by atoms with Crippen molar-refractivity contribution >= 4 is 0 Å². The Morgan fingerprint density at radius 3 is 2.62 bits per heavy atom. The SMILES string of the molecule is CNC(CN(CC(F)(F)F)C1CC1)c1cccc(OC)c1.